The number of rotatable bonds is 20. The fraction of sp³-hybridized carbons (Fsp3) is 0.700. The summed E-state index contributed by atoms with van der Waals surface area (Å²) in [4.78, 5) is 0. The third-order valence-corrected chi connectivity index (χ3v) is 6.80. The second-order valence-electron chi connectivity index (χ2n) is 9.71. The van der Waals surface area contributed by atoms with E-state index in [-0.39, 0.29) is 0 Å². The van der Waals surface area contributed by atoms with Gasteiger partial charge in [0, 0.05) is 0 Å². The SMILES string of the molecule is CCCCCCCCCCCCCn1cc[n+](CCCCCCC)c1Cc1ccccc1. The zero-order valence-electron chi connectivity index (χ0n) is 21.4. The van der Waals surface area contributed by atoms with Crippen molar-refractivity contribution < 1.29 is 4.57 Å². The van der Waals surface area contributed by atoms with Crippen LogP contribution in [0.2, 0.25) is 0 Å². The average Bonchev–Trinajstić information content (AvgIpc) is 3.19. The third-order valence-electron chi connectivity index (χ3n) is 6.80. The lowest BCUT2D eigenvalue weighted by molar-refractivity contribution is -0.703. The van der Waals surface area contributed by atoms with Gasteiger partial charge >= 0.3 is 0 Å². The summed E-state index contributed by atoms with van der Waals surface area (Å²) in [6, 6.07) is 11.0. The molecule has 0 N–H and O–H groups in total. The van der Waals surface area contributed by atoms with E-state index in [4.69, 9.17) is 0 Å². The van der Waals surface area contributed by atoms with Gasteiger partial charge in [-0.1, -0.05) is 121 Å². The van der Waals surface area contributed by atoms with Crippen LogP contribution in [-0.2, 0) is 19.5 Å². The molecule has 1 heterocycles. The molecule has 1 aromatic heterocycles. The van der Waals surface area contributed by atoms with Crippen molar-refractivity contribution in [2.75, 3.05) is 0 Å². The predicted octanol–water partition coefficient (Wildman–Crippen LogP) is 8.65. The fourth-order valence-corrected chi connectivity index (χ4v) is 4.72. The Labute approximate surface area is 199 Å². The smallest absolute Gasteiger partial charge is 0.234 e. The van der Waals surface area contributed by atoms with E-state index in [0.717, 1.165) is 13.0 Å². The molecule has 0 fully saturated rings. The van der Waals surface area contributed by atoms with Crippen molar-refractivity contribution >= 4 is 0 Å². The summed E-state index contributed by atoms with van der Waals surface area (Å²) in [5, 5.41) is 0. The molecule has 0 atom stereocenters. The highest BCUT2D eigenvalue weighted by atomic mass is 15.1. The zero-order chi connectivity index (χ0) is 22.7. The molecule has 0 radical (unpaired) electrons. The first kappa shape index (κ1) is 26.7. The van der Waals surface area contributed by atoms with Gasteiger partial charge in [-0.25, -0.2) is 9.13 Å². The first-order chi connectivity index (χ1) is 15.8. The van der Waals surface area contributed by atoms with Crippen molar-refractivity contribution in [2.45, 2.75) is 136 Å². The first-order valence-electron chi connectivity index (χ1n) is 14.0. The lowest BCUT2D eigenvalue weighted by atomic mass is 10.1. The van der Waals surface area contributed by atoms with Crippen molar-refractivity contribution in [3.8, 4) is 0 Å². The highest BCUT2D eigenvalue weighted by Gasteiger charge is 2.17. The van der Waals surface area contributed by atoms with Gasteiger partial charge in [-0.15, -0.1) is 0 Å². The maximum atomic E-state index is 2.53. The first-order valence-corrected chi connectivity index (χ1v) is 14.0. The predicted molar refractivity (Wildman–Crippen MR) is 139 cm³/mol. The molecule has 1 aromatic carbocycles. The molecule has 0 unspecified atom stereocenters. The van der Waals surface area contributed by atoms with E-state index in [1.165, 1.54) is 121 Å². The summed E-state index contributed by atoms with van der Waals surface area (Å²) in [6.45, 7) is 6.92. The van der Waals surface area contributed by atoms with Crippen LogP contribution < -0.4 is 4.57 Å². The summed E-state index contributed by atoms with van der Waals surface area (Å²) in [7, 11) is 0. The fourth-order valence-electron chi connectivity index (χ4n) is 4.72. The lowest BCUT2D eigenvalue weighted by Crippen LogP contribution is -2.37. The van der Waals surface area contributed by atoms with E-state index in [9.17, 15) is 0 Å². The quantitative estimate of drug-likeness (QED) is 0.144. The Morgan fingerprint density at radius 2 is 1.16 bits per heavy atom. The van der Waals surface area contributed by atoms with Crippen molar-refractivity contribution in [1.29, 1.82) is 0 Å². The molecule has 2 rings (SSSR count). The van der Waals surface area contributed by atoms with Crippen molar-refractivity contribution in [1.82, 2.24) is 4.57 Å². The van der Waals surface area contributed by atoms with Gasteiger partial charge in [0.1, 0.15) is 12.4 Å². The molecular weight excluding hydrogens is 388 g/mol. The Balaban J connectivity index is 1.73. The maximum Gasteiger partial charge on any atom is 0.260 e. The minimum Gasteiger partial charge on any atom is -0.234 e. The molecule has 32 heavy (non-hydrogen) atoms. The van der Waals surface area contributed by atoms with E-state index < -0.39 is 0 Å². The molecule has 0 aliphatic heterocycles. The summed E-state index contributed by atoms with van der Waals surface area (Å²) >= 11 is 0. The number of nitrogens with zero attached hydrogens (tertiary/aromatic N) is 2. The molecule has 0 amide bonds. The van der Waals surface area contributed by atoms with Crippen molar-refractivity contribution in [3.05, 3.63) is 54.1 Å². The minimum absolute atomic E-state index is 1.04. The highest BCUT2D eigenvalue weighted by Crippen LogP contribution is 2.13. The number of benzene rings is 1. The second kappa shape index (κ2) is 17.9. The van der Waals surface area contributed by atoms with Gasteiger partial charge in [0.15, 0.2) is 0 Å². The molecule has 2 aromatic rings. The molecule has 0 saturated heterocycles. The van der Waals surface area contributed by atoms with Crippen LogP contribution in [0.1, 0.15) is 128 Å². The Morgan fingerprint density at radius 3 is 1.75 bits per heavy atom. The van der Waals surface area contributed by atoms with Gasteiger partial charge in [-0.3, -0.25) is 0 Å². The van der Waals surface area contributed by atoms with Crippen molar-refractivity contribution in [3.63, 3.8) is 0 Å². The van der Waals surface area contributed by atoms with Crippen LogP contribution in [0.25, 0.3) is 0 Å². The monoisotopic (exact) mass is 439 g/mol. The average molecular weight is 440 g/mol. The molecular formula is C30H51N2+. The number of imidazole rings is 1. The van der Waals surface area contributed by atoms with Crippen molar-refractivity contribution in [2.24, 2.45) is 0 Å². The molecule has 2 nitrogen and oxygen atoms in total. The van der Waals surface area contributed by atoms with Crippen LogP contribution in [0.15, 0.2) is 42.7 Å². The second-order valence-corrected chi connectivity index (χ2v) is 9.71. The Bertz CT molecular complexity index is 673. The van der Waals surface area contributed by atoms with E-state index in [1.807, 2.05) is 0 Å². The van der Waals surface area contributed by atoms with Gasteiger partial charge in [0.25, 0.3) is 5.82 Å². The summed E-state index contributed by atoms with van der Waals surface area (Å²) in [5.41, 5.74) is 1.42. The molecule has 2 heteroatoms. The largest absolute Gasteiger partial charge is 0.260 e. The van der Waals surface area contributed by atoms with Gasteiger partial charge < -0.3 is 0 Å². The lowest BCUT2D eigenvalue weighted by Gasteiger charge is -2.07. The van der Waals surface area contributed by atoms with Gasteiger partial charge in [-0.05, 0) is 31.2 Å². The van der Waals surface area contributed by atoms with Gasteiger partial charge in [-0.2, -0.15) is 0 Å². The summed E-state index contributed by atoms with van der Waals surface area (Å²) in [5.74, 6) is 1.48. The topological polar surface area (TPSA) is 8.81 Å². The number of aryl methyl sites for hydroxylation is 2. The number of aromatic nitrogens is 2. The zero-order valence-corrected chi connectivity index (χ0v) is 21.4. The van der Waals surface area contributed by atoms with E-state index in [2.05, 4.69) is 65.7 Å². The molecule has 0 spiro atoms. The summed E-state index contributed by atoms with van der Waals surface area (Å²) in [6.07, 6.45) is 27.9. The normalized spacial score (nSPS) is 11.3. The van der Waals surface area contributed by atoms with Crippen LogP contribution in [0.3, 0.4) is 0 Å². The van der Waals surface area contributed by atoms with E-state index in [0.29, 0.717) is 0 Å². The van der Waals surface area contributed by atoms with E-state index in [1.54, 1.807) is 0 Å². The standard InChI is InChI=1S/C30H51N2/c1-3-5-7-9-10-11-12-13-14-16-21-25-32-27-26-31(24-20-15-8-6-4-2)30(32)28-29-22-18-17-19-23-29/h17-19,22-23,26-27H,3-16,20-21,24-25,28H2,1-2H3/q+1. The Kier molecular flexibility index (Phi) is 14.9. The molecule has 0 aliphatic rings. The molecule has 0 bridgehead atoms. The number of hydrogen-bond acceptors (Lipinski definition) is 0. The third kappa shape index (κ3) is 11.3. The van der Waals surface area contributed by atoms with Crippen LogP contribution in [-0.4, -0.2) is 4.57 Å². The Morgan fingerprint density at radius 1 is 0.625 bits per heavy atom. The maximum absolute atomic E-state index is 2.53. The molecule has 0 saturated carbocycles. The highest BCUT2D eigenvalue weighted by molar-refractivity contribution is 5.18. The molecule has 0 aliphatic carbocycles. The molecule has 180 valence electrons. The Hall–Kier alpha value is -1.57. The van der Waals surface area contributed by atoms with Gasteiger partial charge in [0.2, 0.25) is 0 Å². The van der Waals surface area contributed by atoms with Gasteiger partial charge in [0.05, 0.1) is 19.5 Å². The van der Waals surface area contributed by atoms with Crippen LogP contribution in [0.5, 0.6) is 0 Å². The van der Waals surface area contributed by atoms with E-state index >= 15 is 0 Å². The van der Waals surface area contributed by atoms with Crippen LogP contribution in [0, 0.1) is 0 Å². The van der Waals surface area contributed by atoms with Crippen LogP contribution >= 0.6 is 0 Å². The minimum atomic E-state index is 1.04. The number of hydrogen-bond donors (Lipinski definition) is 0. The van der Waals surface area contributed by atoms with Crippen LogP contribution in [0.4, 0.5) is 0 Å². The number of unbranched alkanes of at least 4 members (excludes halogenated alkanes) is 14. The summed E-state index contributed by atoms with van der Waals surface area (Å²) < 4.78 is 5.06.